The van der Waals surface area contributed by atoms with Crippen molar-refractivity contribution in [2.45, 2.75) is 57.7 Å². The Labute approximate surface area is 198 Å². The smallest absolute Gasteiger partial charge is 0.380 e. The summed E-state index contributed by atoms with van der Waals surface area (Å²) in [6.45, 7) is 9.27. The molecule has 180 valence electrons. The van der Waals surface area contributed by atoms with E-state index in [2.05, 4.69) is 38.8 Å². The van der Waals surface area contributed by atoms with Crippen LogP contribution in [0.25, 0.3) is 5.70 Å². The van der Waals surface area contributed by atoms with Gasteiger partial charge < -0.3 is 15.1 Å². The number of benzene rings is 1. The van der Waals surface area contributed by atoms with E-state index in [9.17, 15) is 13.2 Å². The van der Waals surface area contributed by atoms with Crippen molar-refractivity contribution in [3.05, 3.63) is 52.0 Å². The normalized spacial score (nSPS) is 17.8. The highest BCUT2D eigenvalue weighted by atomic mass is 32.1. The van der Waals surface area contributed by atoms with Crippen LogP contribution < -0.4 is 10.2 Å². The number of anilines is 1. The number of rotatable bonds is 8. The van der Waals surface area contributed by atoms with Crippen LogP contribution in [-0.2, 0) is 19.1 Å². The highest BCUT2D eigenvalue weighted by Gasteiger charge is 2.38. The van der Waals surface area contributed by atoms with Gasteiger partial charge in [0.2, 0.25) is 0 Å². The molecule has 0 bridgehead atoms. The number of alkyl halides is 3. The summed E-state index contributed by atoms with van der Waals surface area (Å²) in [6.07, 6.45) is 3.28. The molecule has 3 heterocycles. The van der Waals surface area contributed by atoms with Crippen molar-refractivity contribution < 1.29 is 13.2 Å². The molecule has 0 amide bonds. The van der Waals surface area contributed by atoms with E-state index in [1.165, 1.54) is 31.4 Å². The van der Waals surface area contributed by atoms with Gasteiger partial charge in [0.1, 0.15) is 0 Å². The van der Waals surface area contributed by atoms with Crippen LogP contribution in [0, 0.1) is 0 Å². The third kappa shape index (κ3) is 6.51. The van der Waals surface area contributed by atoms with E-state index in [4.69, 9.17) is 0 Å². The molecule has 2 aliphatic heterocycles. The molecule has 0 unspecified atom stereocenters. The number of aromatic nitrogens is 1. The van der Waals surface area contributed by atoms with Gasteiger partial charge in [-0.3, -0.25) is 0 Å². The summed E-state index contributed by atoms with van der Waals surface area (Å²) in [4.78, 5) is 8.77. The van der Waals surface area contributed by atoms with Gasteiger partial charge >= 0.3 is 6.18 Å². The minimum absolute atomic E-state index is 0.100. The third-order valence-electron chi connectivity index (χ3n) is 6.44. The molecule has 2 saturated heterocycles. The van der Waals surface area contributed by atoms with Crippen molar-refractivity contribution in [3.63, 3.8) is 0 Å². The quantitative estimate of drug-likeness (QED) is 0.509. The van der Waals surface area contributed by atoms with Crippen molar-refractivity contribution in [1.82, 2.24) is 15.2 Å². The molecule has 1 N–H and O–H groups in total. The Morgan fingerprint density at radius 1 is 1.03 bits per heavy atom. The number of piperidine rings is 2. The van der Waals surface area contributed by atoms with Gasteiger partial charge in [0.05, 0.1) is 9.88 Å². The van der Waals surface area contributed by atoms with E-state index in [0.29, 0.717) is 18.0 Å². The van der Waals surface area contributed by atoms with Crippen molar-refractivity contribution in [2.75, 3.05) is 37.6 Å². The topological polar surface area (TPSA) is 31.4 Å². The predicted molar refractivity (Wildman–Crippen MR) is 129 cm³/mol. The number of thiazole rings is 1. The Morgan fingerprint density at radius 3 is 2.42 bits per heavy atom. The van der Waals surface area contributed by atoms with Crippen LogP contribution in [0.15, 0.2) is 30.8 Å². The Morgan fingerprint density at radius 2 is 1.73 bits per heavy atom. The van der Waals surface area contributed by atoms with Crippen LogP contribution in [0.2, 0.25) is 0 Å². The van der Waals surface area contributed by atoms with Gasteiger partial charge in [0.15, 0.2) is 5.69 Å². The maximum atomic E-state index is 13.7. The molecule has 0 radical (unpaired) electrons. The molecule has 0 aliphatic carbocycles. The molecular weight excluding hydrogens is 445 g/mol. The SMILES string of the molecule is C=C(NCc1cccc(N2CCCCC2)c1)c1sc(CCN2CCCCC2)nc1C(F)(F)F. The van der Waals surface area contributed by atoms with Crippen LogP contribution in [0.5, 0.6) is 0 Å². The monoisotopic (exact) mass is 478 g/mol. The molecule has 1 aromatic carbocycles. The lowest BCUT2D eigenvalue weighted by Crippen LogP contribution is -2.31. The minimum atomic E-state index is -4.49. The molecule has 8 heteroatoms. The van der Waals surface area contributed by atoms with Crippen LogP contribution in [0.1, 0.15) is 59.7 Å². The van der Waals surface area contributed by atoms with Gasteiger partial charge in [0.25, 0.3) is 0 Å². The number of nitrogens with one attached hydrogen (secondary N) is 1. The van der Waals surface area contributed by atoms with Crippen molar-refractivity contribution in [2.24, 2.45) is 0 Å². The number of hydrogen-bond acceptors (Lipinski definition) is 5. The lowest BCUT2D eigenvalue weighted by molar-refractivity contribution is -0.141. The van der Waals surface area contributed by atoms with Crippen molar-refractivity contribution in [1.29, 1.82) is 0 Å². The Hall–Kier alpha value is -2.06. The average molecular weight is 479 g/mol. The highest BCUT2D eigenvalue weighted by Crippen LogP contribution is 2.37. The molecule has 2 fully saturated rings. The third-order valence-corrected chi connectivity index (χ3v) is 7.62. The lowest BCUT2D eigenvalue weighted by Gasteiger charge is -2.29. The summed E-state index contributed by atoms with van der Waals surface area (Å²) in [7, 11) is 0. The molecule has 0 saturated carbocycles. The molecule has 1 aromatic heterocycles. The van der Waals surface area contributed by atoms with E-state index in [1.54, 1.807) is 0 Å². The number of nitrogens with zero attached hydrogens (tertiary/aromatic N) is 3. The molecule has 4 nitrogen and oxygen atoms in total. The summed E-state index contributed by atoms with van der Waals surface area (Å²) in [5.41, 5.74) is 1.67. The van der Waals surface area contributed by atoms with Gasteiger partial charge in [-0.05, 0) is 62.9 Å². The Bertz CT molecular complexity index is 928. The summed E-state index contributed by atoms with van der Waals surface area (Å²) >= 11 is 1.12. The van der Waals surface area contributed by atoms with Gasteiger partial charge in [-0.25, -0.2) is 4.98 Å². The van der Waals surface area contributed by atoms with E-state index in [0.717, 1.165) is 62.5 Å². The predicted octanol–water partition coefficient (Wildman–Crippen LogP) is 5.94. The molecule has 4 rings (SSSR count). The van der Waals surface area contributed by atoms with Crippen LogP contribution >= 0.6 is 11.3 Å². The molecular formula is C25H33F3N4S. The van der Waals surface area contributed by atoms with Gasteiger partial charge in [0, 0.05) is 44.0 Å². The zero-order chi connectivity index (χ0) is 23.3. The number of hydrogen-bond donors (Lipinski definition) is 1. The highest BCUT2D eigenvalue weighted by molar-refractivity contribution is 7.12. The molecule has 0 atom stereocenters. The summed E-state index contributed by atoms with van der Waals surface area (Å²) in [5, 5.41) is 3.65. The van der Waals surface area contributed by atoms with Crippen molar-refractivity contribution in [3.8, 4) is 0 Å². The van der Waals surface area contributed by atoms with Crippen LogP contribution in [0.3, 0.4) is 0 Å². The standard InChI is InChI=1S/C25H33F3N4S/c1-19(29-18-20-9-8-10-21(17-20)32-14-6-3-7-15-32)23-24(25(26,27)28)30-22(33-23)11-16-31-12-4-2-5-13-31/h8-10,17,29H,1-7,11-16,18H2. The first-order chi connectivity index (χ1) is 15.9. The van der Waals surface area contributed by atoms with Crippen LogP contribution in [0.4, 0.5) is 18.9 Å². The minimum Gasteiger partial charge on any atom is -0.380 e. The number of likely N-dealkylation sites (tertiary alicyclic amines) is 1. The Balaban J connectivity index is 1.41. The fourth-order valence-electron chi connectivity index (χ4n) is 4.61. The maximum absolute atomic E-state index is 13.7. The van der Waals surface area contributed by atoms with Gasteiger partial charge in [-0.15, -0.1) is 11.3 Å². The fraction of sp³-hybridized carbons (Fsp3) is 0.560. The second-order valence-corrected chi connectivity index (χ2v) is 10.1. The first kappa shape index (κ1) is 24.1. The average Bonchev–Trinajstić information content (AvgIpc) is 3.28. The summed E-state index contributed by atoms with van der Waals surface area (Å²) < 4.78 is 41.1. The molecule has 2 aliphatic rings. The van der Waals surface area contributed by atoms with Crippen molar-refractivity contribution >= 4 is 22.7 Å². The first-order valence-electron chi connectivity index (χ1n) is 12.0. The fourth-order valence-corrected chi connectivity index (χ4v) is 5.63. The second kappa shape index (κ2) is 10.9. The lowest BCUT2D eigenvalue weighted by atomic mass is 10.1. The molecule has 0 spiro atoms. The van der Waals surface area contributed by atoms with E-state index in [1.807, 2.05) is 12.1 Å². The number of halogens is 3. The second-order valence-electron chi connectivity index (χ2n) is 8.99. The zero-order valence-electron chi connectivity index (χ0n) is 19.1. The summed E-state index contributed by atoms with van der Waals surface area (Å²) in [6, 6.07) is 8.22. The van der Waals surface area contributed by atoms with Gasteiger partial charge in [-0.1, -0.05) is 25.1 Å². The first-order valence-corrected chi connectivity index (χ1v) is 12.8. The largest absolute Gasteiger partial charge is 0.434 e. The Kier molecular flexibility index (Phi) is 7.96. The van der Waals surface area contributed by atoms with Gasteiger partial charge in [-0.2, -0.15) is 13.2 Å². The van der Waals surface area contributed by atoms with E-state index < -0.39 is 11.9 Å². The molecule has 33 heavy (non-hydrogen) atoms. The van der Waals surface area contributed by atoms with E-state index in [-0.39, 0.29) is 10.6 Å². The maximum Gasteiger partial charge on any atom is 0.434 e. The zero-order valence-corrected chi connectivity index (χ0v) is 19.9. The van der Waals surface area contributed by atoms with Crippen LogP contribution in [-0.4, -0.2) is 42.6 Å². The summed E-state index contributed by atoms with van der Waals surface area (Å²) in [5.74, 6) is 0. The molecule has 2 aromatic rings. The van der Waals surface area contributed by atoms with E-state index >= 15 is 0 Å².